The van der Waals surface area contributed by atoms with Gasteiger partial charge in [-0.15, -0.1) is 11.3 Å². The largest absolute Gasteiger partial charge is 0.400 e. The van der Waals surface area contributed by atoms with E-state index in [-0.39, 0.29) is 17.8 Å². The maximum Gasteiger partial charge on any atom is 0.255 e. The molecule has 0 radical (unpaired) electrons. The molecule has 9 heteroatoms. The summed E-state index contributed by atoms with van der Waals surface area (Å²) in [5, 5.41) is 11.4. The fraction of sp³-hybridized carbons (Fsp3) is 0.265. The number of allylic oxidation sites excluding steroid dienone is 1. The van der Waals surface area contributed by atoms with E-state index in [1.54, 1.807) is 42.1 Å². The molecule has 0 bridgehead atoms. The molecule has 0 spiro atoms. The number of rotatable bonds is 6. The van der Waals surface area contributed by atoms with E-state index < -0.39 is 9.52 Å². The molecule has 2 atom stereocenters. The number of aliphatic hydroxyl groups excluding tert-OH is 1. The maximum absolute atomic E-state index is 15.6. The third kappa shape index (κ3) is 5.37. The summed E-state index contributed by atoms with van der Waals surface area (Å²) in [6.07, 6.45) is 13.6. The minimum atomic E-state index is -0.431. The van der Waals surface area contributed by atoms with Gasteiger partial charge in [-0.25, -0.2) is 9.37 Å². The van der Waals surface area contributed by atoms with Crippen LogP contribution in [0.25, 0.3) is 34.1 Å². The average molecular weight is 609 g/mol. The number of hydrogen-bond donors (Lipinski definition) is 1. The summed E-state index contributed by atoms with van der Waals surface area (Å²) in [7, 11) is -0.431. The first-order valence-corrected chi connectivity index (χ1v) is 17.6. The number of nitrogens with zero attached hydrogens (tertiary/aromatic N) is 4. The Morgan fingerprint density at radius 1 is 1.19 bits per heavy atom. The van der Waals surface area contributed by atoms with Gasteiger partial charge in [0.1, 0.15) is 11.5 Å². The third-order valence-electron chi connectivity index (χ3n) is 8.91. The van der Waals surface area contributed by atoms with Crippen LogP contribution in [-0.2, 0) is 6.42 Å². The Morgan fingerprint density at radius 3 is 2.91 bits per heavy atom. The smallest absolute Gasteiger partial charge is 0.255 e. The van der Waals surface area contributed by atoms with Crippen LogP contribution in [0.2, 0.25) is 5.54 Å². The molecule has 5 heterocycles. The van der Waals surface area contributed by atoms with Crippen LogP contribution in [-0.4, -0.2) is 52.6 Å². The number of pyridine rings is 2. The molecule has 6 nitrogen and oxygen atoms in total. The van der Waals surface area contributed by atoms with Gasteiger partial charge in [-0.2, -0.15) is 0 Å². The van der Waals surface area contributed by atoms with Crippen molar-refractivity contribution >= 4 is 38.5 Å². The quantitative estimate of drug-likeness (QED) is 0.224. The summed E-state index contributed by atoms with van der Waals surface area (Å²) in [6.45, 7) is 2.75. The molecular weight excluding hydrogens is 576 g/mol. The zero-order valence-corrected chi connectivity index (χ0v) is 26.3. The molecule has 1 aliphatic heterocycles. The number of carbonyl (C=O) groups is 1. The van der Waals surface area contributed by atoms with E-state index in [1.807, 2.05) is 39.8 Å². The zero-order chi connectivity index (χ0) is 29.5. The number of imidazole rings is 1. The zero-order valence-electron chi connectivity index (χ0n) is 24.0. The highest BCUT2D eigenvalue weighted by atomic mass is 32.1. The molecule has 0 saturated heterocycles. The van der Waals surface area contributed by atoms with Gasteiger partial charge in [-0.1, -0.05) is 23.8 Å². The van der Waals surface area contributed by atoms with E-state index in [2.05, 4.69) is 29.4 Å². The van der Waals surface area contributed by atoms with Crippen LogP contribution in [0, 0.1) is 5.82 Å². The predicted octanol–water partition coefficient (Wildman–Crippen LogP) is 6.50. The Hall–Kier alpha value is -3.92. The van der Waals surface area contributed by atoms with E-state index in [1.165, 1.54) is 16.0 Å². The van der Waals surface area contributed by atoms with Crippen molar-refractivity contribution in [1.82, 2.24) is 19.3 Å². The Morgan fingerprint density at radius 2 is 2.09 bits per heavy atom. The minimum absolute atomic E-state index is 0.00663. The van der Waals surface area contributed by atoms with Gasteiger partial charge in [0.15, 0.2) is 0 Å². The number of aromatic nitrogens is 3. The molecule has 1 amide bonds. The molecule has 1 aliphatic carbocycles. The molecule has 2 aliphatic rings. The number of benzene rings is 1. The van der Waals surface area contributed by atoms with Crippen LogP contribution in [0.3, 0.4) is 0 Å². The number of amides is 1. The Bertz CT molecular complexity index is 1850. The molecular formula is C34H33FN4O2SSi. The summed E-state index contributed by atoms with van der Waals surface area (Å²) in [6, 6.07) is 13.1. The van der Waals surface area contributed by atoms with Crippen molar-refractivity contribution in [3.05, 3.63) is 106 Å². The van der Waals surface area contributed by atoms with Crippen LogP contribution in [0.15, 0.2) is 78.2 Å². The monoisotopic (exact) mass is 608 g/mol. The van der Waals surface area contributed by atoms with Gasteiger partial charge in [0.2, 0.25) is 0 Å². The standard InChI is InChI=1S/C34H33FN4O2SSi/c1-21-27-9-12-42-32(27)8-11-39(21)34(41)25-16-29(24-3-2-10-36-17-24)33-37-31(19-38(33)18-25)28-7-5-23(15-30(28)35)13-22-4-6-26(14-22)43-20-40/h2-3,5,7,9-10,12-13,15-19,21,26,40H,4,6,8,11,14,20,43H2,1H3/b22-13+/t21-,26?/m1/s1. The topological polar surface area (TPSA) is 70.7 Å². The molecule has 4 aromatic heterocycles. The Kier molecular flexibility index (Phi) is 7.54. The highest BCUT2D eigenvalue weighted by Crippen LogP contribution is 2.37. The first kappa shape index (κ1) is 27.9. The third-order valence-corrected chi connectivity index (χ3v) is 11.7. The fourth-order valence-corrected chi connectivity index (χ4v) is 9.02. The lowest BCUT2D eigenvalue weighted by molar-refractivity contribution is 0.0679. The molecule has 43 heavy (non-hydrogen) atoms. The van der Waals surface area contributed by atoms with Gasteiger partial charge in [0, 0.05) is 59.1 Å². The maximum atomic E-state index is 15.6. The van der Waals surface area contributed by atoms with Gasteiger partial charge in [-0.05, 0) is 85.0 Å². The normalized spacial score (nSPS) is 19.6. The number of fused-ring (bicyclic) bond motifs is 2. The van der Waals surface area contributed by atoms with E-state index in [0.29, 0.717) is 40.8 Å². The number of aliphatic hydroxyl groups is 1. The average Bonchev–Trinajstić information content (AvgIpc) is 3.77. The number of halogens is 1. The second kappa shape index (κ2) is 11.6. The Labute approximate surface area is 256 Å². The van der Waals surface area contributed by atoms with Crippen molar-refractivity contribution < 1.29 is 14.3 Å². The van der Waals surface area contributed by atoms with Crippen molar-refractivity contribution in [1.29, 1.82) is 0 Å². The van der Waals surface area contributed by atoms with Gasteiger partial charge >= 0.3 is 0 Å². The van der Waals surface area contributed by atoms with Gasteiger partial charge in [0.25, 0.3) is 5.91 Å². The predicted molar refractivity (Wildman–Crippen MR) is 172 cm³/mol. The SMILES string of the molecule is C[C@@H]1c2ccsc2CCN1C(=O)c1cc(-c2cccnc2)c2nc(-c3ccc(/C=C4\CCC([SiH2]CO)C4)cc3F)cn2c1. The van der Waals surface area contributed by atoms with Crippen molar-refractivity contribution in [3.63, 3.8) is 0 Å². The van der Waals surface area contributed by atoms with Crippen molar-refractivity contribution in [2.45, 2.75) is 44.2 Å². The second-order valence-electron chi connectivity index (χ2n) is 11.6. The summed E-state index contributed by atoms with van der Waals surface area (Å²) in [5.41, 5.74) is 7.79. The van der Waals surface area contributed by atoms with Crippen molar-refractivity contribution in [2.24, 2.45) is 0 Å². The van der Waals surface area contributed by atoms with E-state index >= 15 is 4.39 Å². The first-order valence-electron chi connectivity index (χ1n) is 14.9. The number of hydrogen-bond acceptors (Lipinski definition) is 5. The van der Waals surface area contributed by atoms with E-state index in [4.69, 9.17) is 4.98 Å². The molecule has 1 N–H and O–H groups in total. The van der Waals surface area contributed by atoms with Crippen LogP contribution in [0.5, 0.6) is 0 Å². The molecule has 1 fully saturated rings. The van der Waals surface area contributed by atoms with Crippen molar-refractivity contribution in [2.75, 3.05) is 12.8 Å². The molecule has 7 rings (SSSR count). The molecule has 218 valence electrons. The summed E-state index contributed by atoms with van der Waals surface area (Å²) in [5.74, 6) is -0.365. The fourth-order valence-electron chi connectivity index (χ4n) is 6.62. The lowest BCUT2D eigenvalue weighted by Gasteiger charge is -2.33. The molecule has 1 saturated carbocycles. The van der Waals surface area contributed by atoms with Crippen LogP contribution >= 0.6 is 11.3 Å². The van der Waals surface area contributed by atoms with Crippen LogP contribution < -0.4 is 0 Å². The summed E-state index contributed by atoms with van der Waals surface area (Å²) in [4.78, 5) is 26.4. The summed E-state index contributed by atoms with van der Waals surface area (Å²) < 4.78 is 17.4. The highest BCUT2D eigenvalue weighted by molar-refractivity contribution is 7.10. The number of thiophene rings is 1. The lowest BCUT2D eigenvalue weighted by Crippen LogP contribution is -2.38. The van der Waals surface area contributed by atoms with Crippen molar-refractivity contribution in [3.8, 4) is 22.4 Å². The molecule has 5 aromatic rings. The minimum Gasteiger partial charge on any atom is -0.400 e. The molecule has 1 aromatic carbocycles. The highest BCUT2D eigenvalue weighted by Gasteiger charge is 2.30. The summed E-state index contributed by atoms with van der Waals surface area (Å²) >= 11 is 1.75. The Balaban J connectivity index is 1.25. The number of carbonyl (C=O) groups excluding carboxylic acids is 1. The second-order valence-corrected chi connectivity index (χ2v) is 14.8. The first-order chi connectivity index (χ1) is 21.0. The van der Waals surface area contributed by atoms with Crippen LogP contribution in [0.4, 0.5) is 4.39 Å². The van der Waals surface area contributed by atoms with E-state index in [0.717, 1.165) is 42.4 Å². The molecule has 1 unspecified atom stereocenters. The lowest BCUT2D eigenvalue weighted by atomic mass is 10.00. The van der Waals surface area contributed by atoms with E-state index in [9.17, 15) is 9.90 Å². The van der Waals surface area contributed by atoms with Crippen LogP contribution in [0.1, 0.15) is 58.6 Å². The van der Waals surface area contributed by atoms with Gasteiger partial charge in [0.05, 0.1) is 26.8 Å². The van der Waals surface area contributed by atoms with Gasteiger partial charge < -0.3 is 14.4 Å². The van der Waals surface area contributed by atoms with Gasteiger partial charge in [-0.3, -0.25) is 9.78 Å².